The quantitative estimate of drug-likeness (QED) is 0.702. The molecule has 0 spiro atoms. The molecule has 0 aromatic rings. The highest BCUT2D eigenvalue weighted by Crippen LogP contribution is 2.64. The van der Waals surface area contributed by atoms with Crippen LogP contribution in [0.2, 0.25) is 0 Å². The van der Waals surface area contributed by atoms with E-state index in [0.717, 1.165) is 6.42 Å². The third kappa shape index (κ3) is 0.837. The van der Waals surface area contributed by atoms with Gasteiger partial charge in [-0.25, -0.2) is 0 Å². The Morgan fingerprint density at radius 2 is 1.86 bits per heavy atom. The van der Waals surface area contributed by atoms with Crippen molar-refractivity contribution in [1.82, 2.24) is 0 Å². The number of hydrogen-bond acceptors (Lipinski definition) is 2. The zero-order valence-corrected chi connectivity index (χ0v) is 8.12. The summed E-state index contributed by atoms with van der Waals surface area (Å²) in [5.74, 6) is -1.59. The van der Waals surface area contributed by atoms with Crippen LogP contribution in [-0.4, -0.2) is 22.2 Å². The van der Waals surface area contributed by atoms with Gasteiger partial charge in [0.25, 0.3) is 0 Å². The smallest absolute Gasteiger partial charge is 0.310 e. The maximum absolute atomic E-state index is 11.2. The average Bonchev–Trinajstić information content (AvgIpc) is 2.60. The summed E-state index contributed by atoms with van der Waals surface area (Å²) in [7, 11) is 0. The van der Waals surface area contributed by atoms with Crippen LogP contribution in [0.3, 0.4) is 0 Å². The Morgan fingerprint density at radius 1 is 1.21 bits per heavy atom. The van der Waals surface area contributed by atoms with Crippen LogP contribution in [0, 0.1) is 16.7 Å². The maximum atomic E-state index is 11.2. The van der Waals surface area contributed by atoms with Gasteiger partial charge in [0.1, 0.15) is 0 Å². The van der Waals surface area contributed by atoms with E-state index >= 15 is 0 Å². The van der Waals surface area contributed by atoms with Crippen LogP contribution in [0.4, 0.5) is 0 Å². The number of carbonyl (C=O) groups is 2. The van der Waals surface area contributed by atoms with E-state index in [4.69, 9.17) is 5.11 Å². The van der Waals surface area contributed by atoms with Gasteiger partial charge in [-0.05, 0) is 38.5 Å². The predicted octanol–water partition coefficient (Wildman–Crippen LogP) is 1.35. The highest BCUT2D eigenvalue weighted by Gasteiger charge is 2.67. The number of rotatable bonds is 2. The van der Waals surface area contributed by atoms with Gasteiger partial charge >= 0.3 is 11.9 Å². The summed E-state index contributed by atoms with van der Waals surface area (Å²) in [5, 5.41) is 18.4. The number of hydrogen-bond donors (Lipinski definition) is 2. The first-order chi connectivity index (χ1) is 6.42. The van der Waals surface area contributed by atoms with Crippen LogP contribution in [-0.2, 0) is 9.59 Å². The lowest BCUT2D eigenvalue weighted by atomic mass is 9.64. The topological polar surface area (TPSA) is 74.6 Å². The zero-order chi connectivity index (χ0) is 10.6. The van der Waals surface area contributed by atoms with E-state index in [1.54, 1.807) is 6.92 Å². The Kier molecular flexibility index (Phi) is 1.69. The van der Waals surface area contributed by atoms with Crippen molar-refractivity contribution in [3.05, 3.63) is 0 Å². The molecule has 0 aromatic carbocycles. The van der Waals surface area contributed by atoms with Gasteiger partial charge < -0.3 is 10.2 Å². The van der Waals surface area contributed by atoms with Crippen molar-refractivity contribution in [3.8, 4) is 0 Å². The number of aliphatic carboxylic acids is 2. The molecule has 2 fully saturated rings. The van der Waals surface area contributed by atoms with Crippen LogP contribution < -0.4 is 0 Å². The molecule has 2 aliphatic carbocycles. The Hall–Kier alpha value is -1.06. The minimum atomic E-state index is -1.05. The van der Waals surface area contributed by atoms with Crippen LogP contribution in [0.25, 0.3) is 0 Å². The van der Waals surface area contributed by atoms with Gasteiger partial charge in [0.15, 0.2) is 0 Å². The van der Waals surface area contributed by atoms with Gasteiger partial charge in [-0.15, -0.1) is 0 Å². The monoisotopic (exact) mass is 198 g/mol. The minimum absolute atomic E-state index is 0.298. The van der Waals surface area contributed by atoms with E-state index in [9.17, 15) is 14.7 Å². The fraction of sp³-hybridized carbons (Fsp3) is 0.800. The van der Waals surface area contributed by atoms with E-state index in [2.05, 4.69) is 0 Å². The molecular formula is C10H14O4. The predicted molar refractivity (Wildman–Crippen MR) is 47.8 cm³/mol. The van der Waals surface area contributed by atoms with E-state index < -0.39 is 22.8 Å². The highest BCUT2D eigenvalue weighted by atomic mass is 16.4. The van der Waals surface area contributed by atoms with Gasteiger partial charge in [0, 0.05) is 0 Å². The van der Waals surface area contributed by atoms with Gasteiger partial charge in [0.05, 0.1) is 10.8 Å². The van der Waals surface area contributed by atoms with Gasteiger partial charge in [-0.1, -0.05) is 0 Å². The summed E-state index contributed by atoms with van der Waals surface area (Å²) in [4.78, 5) is 22.4. The van der Waals surface area contributed by atoms with Crippen LogP contribution in [0.1, 0.15) is 32.6 Å². The number of carboxylic acid groups (broad SMARTS) is 2. The molecule has 2 saturated carbocycles. The van der Waals surface area contributed by atoms with E-state index in [1.165, 1.54) is 0 Å². The lowest BCUT2D eigenvalue weighted by molar-refractivity contribution is -0.170. The molecule has 0 amide bonds. The molecule has 2 bridgehead atoms. The molecule has 4 nitrogen and oxygen atoms in total. The molecule has 0 heterocycles. The Labute approximate surface area is 81.9 Å². The molecule has 14 heavy (non-hydrogen) atoms. The first-order valence-electron chi connectivity index (χ1n) is 4.89. The standard InChI is InChI=1S/C10H14O4/c1-9(7(11)12)4-6-2-3-10(9,5-6)8(13)14/h6H,2-5H2,1H3,(H,11,12)(H,13,14). The second-order valence-corrected chi connectivity index (χ2v) is 4.84. The molecule has 0 aromatic heterocycles. The first kappa shape index (κ1) is 9.49. The molecule has 0 saturated heterocycles. The fourth-order valence-corrected chi connectivity index (χ4v) is 3.32. The molecule has 0 aliphatic heterocycles. The molecule has 78 valence electrons. The summed E-state index contributed by atoms with van der Waals surface area (Å²) < 4.78 is 0. The molecule has 3 unspecified atom stereocenters. The molecule has 2 aliphatic rings. The van der Waals surface area contributed by atoms with E-state index in [0.29, 0.717) is 25.2 Å². The van der Waals surface area contributed by atoms with Crippen LogP contribution in [0.15, 0.2) is 0 Å². The molecule has 4 heteroatoms. The van der Waals surface area contributed by atoms with Gasteiger partial charge in [0.2, 0.25) is 0 Å². The van der Waals surface area contributed by atoms with Crippen molar-refractivity contribution >= 4 is 11.9 Å². The molecule has 3 atom stereocenters. The average molecular weight is 198 g/mol. The lowest BCUT2D eigenvalue weighted by Gasteiger charge is -2.37. The van der Waals surface area contributed by atoms with Crippen molar-refractivity contribution < 1.29 is 19.8 Å². The third-order valence-corrected chi connectivity index (χ3v) is 4.25. The van der Waals surface area contributed by atoms with Crippen molar-refractivity contribution in [2.24, 2.45) is 16.7 Å². The Bertz CT molecular complexity index is 309. The van der Waals surface area contributed by atoms with Crippen molar-refractivity contribution in [2.45, 2.75) is 32.6 Å². The third-order valence-electron chi connectivity index (χ3n) is 4.25. The highest BCUT2D eigenvalue weighted by molar-refractivity contribution is 5.87. The minimum Gasteiger partial charge on any atom is -0.481 e. The van der Waals surface area contributed by atoms with E-state index in [1.807, 2.05) is 0 Å². The van der Waals surface area contributed by atoms with Gasteiger partial charge in [-0.2, -0.15) is 0 Å². The van der Waals surface area contributed by atoms with Crippen molar-refractivity contribution in [2.75, 3.05) is 0 Å². The van der Waals surface area contributed by atoms with Crippen molar-refractivity contribution in [1.29, 1.82) is 0 Å². The largest absolute Gasteiger partial charge is 0.481 e. The summed E-state index contributed by atoms with van der Waals surface area (Å²) in [6.45, 7) is 1.59. The lowest BCUT2D eigenvalue weighted by Crippen LogP contribution is -2.47. The van der Waals surface area contributed by atoms with Crippen LogP contribution >= 0.6 is 0 Å². The van der Waals surface area contributed by atoms with Gasteiger partial charge in [-0.3, -0.25) is 9.59 Å². The number of carboxylic acids is 2. The second-order valence-electron chi connectivity index (χ2n) is 4.84. The second kappa shape index (κ2) is 2.49. The first-order valence-corrected chi connectivity index (χ1v) is 4.89. The Balaban J connectivity index is 2.46. The summed E-state index contributed by atoms with van der Waals surface area (Å²) >= 11 is 0. The molecule has 2 rings (SSSR count). The molecule has 0 radical (unpaired) electrons. The van der Waals surface area contributed by atoms with Crippen molar-refractivity contribution in [3.63, 3.8) is 0 Å². The summed E-state index contributed by atoms with van der Waals surface area (Å²) in [6, 6.07) is 0. The fourth-order valence-electron chi connectivity index (χ4n) is 3.32. The summed E-state index contributed by atoms with van der Waals surface area (Å²) in [5.41, 5.74) is -2.05. The zero-order valence-electron chi connectivity index (χ0n) is 8.12. The number of fused-ring (bicyclic) bond motifs is 2. The Morgan fingerprint density at radius 3 is 2.21 bits per heavy atom. The maximum Gasteiger partial charge on any atom is 0.310 e. The van der Waals surface area contributed by atoms with E-state index in [-0.39, 0.29) is 0 Å². The SMILES string of the molecule is CC1(C(=O)O)CC2CCC1(C(=O)O)C2. The molecule has 2 N–H and O–H groups in total. The summed E-state index contributed by atoms with van der Waals surface area (Å²) in [6.07, 6.45) is 2.46. The normalized spacial score (nSPS) is 45.4. The molecular weight excluding hydrogens is 184 g/mol. The van der Waals surface area contributed by atoms with Crippen LogP contribution in [0.5, 0.6) is 0 Å².